The number of hydrazone groups is 1. The van der Waals surface area contributed by atoms with Crippen molar-refractivity contribution in [3.63, 3.8) is 0 Å². The third-order valence-corrected chi connectivity index (χ3v) is 5.19. The Balaban J connectivity index is 1.72. The summed E-state index contributed by atoms with van der Waals surface area (Å²) in [5.41, 5.74) is 3.75. The first-order valence-electron chi connectivity index (χ1n) is 11.5. The molecule has 0 aliphatic heterocycles. The van der Waals surface area contributed by atoms with Gasteiger partial charge in [0, 0.05) is 11.1 Å². The van der Waals surface area contributed by atoms with E-state index in [1.165, 1.54) is 51.2 Å². The van der Waals surface area contributed by atoms with Gasteiger partial charge < -0.3 is 14.2 Å². The molecule has 0 heterocycles. The molecule has 0 atom stereocenters. The van der Waals surface area contributed by atoms with Gasteiger partial charge in [-0.3, -0.25) is 4.79 Å². The lowest BCUT2D eigenvalue weighted by Crippen LogP contribution is -2.17. The molecule has 0 bridgehead atoms. The van der Waals surface area contributed by atoms with Crippen molar-refractivity contribution < 1.29 is 19.0 Å². The molecule has 0 saturated heterocycles. The van der Waals surface area contributed by atoms with E-state index in [2.05, 4.69) is 17.5 Å². The maximum absolute atomic E-state index is 12.3. The molecule has 32 heavy (non-hydrogen) atoms. The molecule has 0 radical (unpaired) electrons. The van der Waals surface area contributed by atoms with Gasteiger partial charge in [0.2, 0.25) is 0 Å². The Kier molecular flexibility index (Phi) is 11.7. The van der Waals surface area contributed by atoms with E-state index < -0.39 is 0 Å². The lowest BCUT2D eigenvalue weighted by Gasteiger charge is -2.09. The minimum absolute atomic E-state index is 0.294. The first-order chi connectivity index (χ1) is 15.7. The van der Waals surface area contributed by atoms with E-state index in [4.69, 9.17) is 14.2 Å². The average Bonchev–Trinajstić information content (AvgIpc) is 2.83. The van der Waals surface area contributed by atoms with Crippen molar-refractivity contribution in [3.05, 3.63) is 53.6 Å². The number of nitrogens with one attached hydrogen (secondary N) is 1. The highest BCUT2D eigenvalue weighted by molar-refractivity contribution is 5.95. The fraction of sp³-hybridized carbons (Fsp3) is 0.462. The van der Waals surface area contributed by atoms with E-state index in [0.717, 1.165) is 12.2 Å². The van der Waals surface area contributed by atoms with Crippen molar-refractivity contribution in [2.24, 2.45) is 5.10 Å². The Morgan fingerprint density at radius 3 is 2.25 bits per heavy atom. The Labute approximate surface area is 192 Å². The second-order valence-electron chi connectivity index (χ2n) is 7.63. The van der Waals surface area contributed by atoms with E-state index >= 15 is 0 Å². The molecule has 174 valence electrons. The molecular formula is C26H36N2O4. The van der Waals surface area contributed by atoms with Gasteiger partial charge >= 0.3 is 0 Å². The maximum atomic E-state index is 12.3. The maximum Gasteiger partial charge on any atom is 0.271 e. The summed E-state index contributed by atoms with van der Waals surface area (Å²) in [6.07, 6.45) is 11.7. The van der Waals surface area contributed by atoms with Crippen LogP contribution < -0.4 is 19.6 Å². The molecule has 0 aliphatic rings. The zero-order chi connectivity index (χ0) is 23.0. The quantitative estimate of drug-likeness (QED) is 0.210. The minimum Gasteiger partial charge on any atom is -0.494 e. The zero-order valence-corrected chi connectivity index (χ0v) is 19.6. The molecule has 0 aliphatic carbocycles. The van der Waals surface area contributed by atoms with Crippen LogP contribution in [0.15, 0.2) is 47.6 Å². The smallest absolute Gasteiger partial charge is 0.271 e. The summed E-state index contributed by atoms with van der Waals surface area (Å²) in [6.45, 7) is 2.94. The van der Waals surface area contributed by atoms with Crippen molar-refractivity contribution in [3.8, 4) is 17.2 Å². The van der Waals surface area contributed by atoms with Crippen molar-refractivity contribution in [1.82, 2.24) is 5.43 Å². The van der Waals surface area contributed by atoms with Crippen LogP contribution in [0.1, 0.15) is 74.2 Å². The summed E-state index contributed by atoms with van der Waals surface area (Å²) in [4.78, 5) is 12.3. The van der Waals surface area contributed by atoms with Gasteiger partial charge in [0.15, 0.2) is 11.5 Å². The summed E-state index contributed by atoms with van der Waals surface area (Å²) < 4.78 is 16.4. The zero-order valence-electron chi connectivity index (χ0n) is 19.6. The van der Waals surface area contributed by atoms with Crippen molar-refractivity contribution in [2.45, 2.75) is 58.3 Å². The van der Waals surface area contributed by atoms with Gasteiger partial charge in [-0.15, -0.1) is 0 Å². The molecule has 6 heteroatoms. The van der Waals surface area contributed by atoms with Crippen LogP contribution in [-0.4, -0.2) is 32.9 Å². The molecule has 6 nitrogen and oxygen atoms in total. The number of hydrogen-bond acceptors (Lipinski definition) is 5. The summed E-state index contributed by atoms with van der Waals surface area (Å²) in [5.74, 6) is 1.64. The highest BCUT2D eigenvalue weighted by Gasteiger charge is 2.08. The Morgan fingerprint density at radius 1 is 0.906 bits per heavy atom. The predicted molar refractivity (Wildman–Crippen MR) is 129 cm³/mol. The van der Waals surface area contributed by atoms with Crippen LogP contribution in [0.2, 0.25) is 0 Å². The largest absolute Gasteiger partial charge is 0.494 e. The second-order valence-corrected chi connectivity index (χ2v) is 7.63. The fourth-order valence-corrected chi connectivity index (χ4v) is 3.37. The van der Waals surface area contributed by atoms with Gasteiger partial charge in [-0.2, -0.15) is 5.10 Å². The Morgan fingerprint density at radius 2 is 1.59 bits per heavy atom. The monoisotopic (exact) mass is 440 g/mol. The lowest BCUT2D eigenvalue weighted by atomic mass is 10.1. The van der Waals surface area contributed by atoms with Gasteiger partial charge in [-0.25, -0.2) is 5.43 Å². The van der Waals surface area contributed by atoms with E-state index in [-0.39, 0.29) is 5.91 Å². The summed E-state index contributed by atoms with van der Waals surface area (Å²) in [6, 6.07) is 12.6. The average molecular weight is 441 g/mol. The molecule has 0 fully saturated rings. The first-order valence-corrected chi connectivity index (χ1v) is 11.5. The van der Waals surface area contributed by atoms with Crippen LogP contribution in [0.4, 0.5) is 0 Å². The van der Waals surface area contributed by atoms with Crippen LogP contribution in [0.25, 0.3) is 0 Å². The standard InChI is InChI=1S/C26H36N2O4/c1-4-5-6-7-8-9-10-11-19-32-23-17-15-21(16-18-23)26(29)28-27-20-22-13-12-14-24(30-2)25(22)31-3/h12-18,20H,4-11,19H2,1-3H3,(H,28,29)/b27-20-. The van der Waals surface area contributed by atoms with Crippen LogP contribution >= 0.6 is 0 Å². The van der Waals surface area contributed by atoms with Crippen molar-refractivity contribution >= 4 is 12.1 Å². The van der Waals surface area contributed by atoms with Crippen LogP contribution in [-0.2, 0) is 0 Å². The van der Waals surface area contributed by atoms with Crippen LogP contribution in [0, 0.1) is 0 Å². The van der Waals surface area contributed by atoms with Crippen molar-refractivity contribution in [2.75, 3.05) is 20.8 Å². The third kappa shape index (κ3) is 8.61. The van der Waals surface area contributed by atoms with Gasteiger partial charge in [0.05, 0.1) is 27.0 Å². The van der Waals surface area contributed by atoms with E-state index in [9.17, 15) is 4.79 Å². The number of benzene rings is 2. The Bertz CT molecular complexity index is 834. The molecule has 2 aromatic carbocycles. The number of hydrogen-bond donors (Lipinski definition) is 1. The summed E-state index contributed by atoms with van der Waals surface area (Å²) in [7, 11) is 3.13. The molecule has 0 unspecified atom stereocenters. The molecule has 1 N–H and O–H groups in total. The third-order valence-electron chi connectivity index (χ3n) is 5.19. The molecule has 2 rings (SSSR count). The normalized spacial score (nSPS) is 10.8. The SMILES string of the molecule is CCCCCCCCCCOc1ccc(C(=O)N/N=C\c2cccc(OC)c2OC)cc1. The van der Waals surface area contributed by atoms with E-state index in [1.54, 1.807) is 32.4 Å². The summed E-state index contributed by atoms with van der Waals surface area (Å²) in [5, 5.41) is 4.03. The lowest BCUT2D eigenvalue weighted by molar-refractivity contribution is 0.0955. The minimum atomic E-state index is -0.294. The number of carbonyl (C=O) groups is 1. The van der Waals surface area contributed by atoms with Gasteiger partial charge in [-0.05, 0) is 42.8 Å². The molecule has 1 amide bonds. The number of rotatable bonds is 15. The number of amides is 1. The highest BCUT2D eigenvalue weighted by atomic mass is 16.5. The van der Waals surface area contributed by atoms with Crippen molar-refractivity contribution in [1.29, 1.82) is 0 Å². The number of unbranched alkanes of at least 4 members (excludes halogenated alkanes) is 7. The summed E-state index contributed by atoms with van der Waals surface area (Å²) >= 11 is 0. The number of ether oxygens (including phenoxy) is 3. The van der Waals surface area contributed by atoms with Gasteiger partial charge in [0.1, 0.15) is 5.75 Å². The van der Waals surface area contributed by atoms with Crippen LogP contribution in [0.3, 0.4) is 0 Å². The number of carbonyl (C=O) groups excluding carboxylic acids is 1. The second kappa shape index (κ2) is 14.9. The molecule has 2 aromatic rings. The number of nitrogens with zero attached hydrogens (tertiary/aromatic N) is 1. The van der Waals surface area contributed by atoms with E-state index in [0.29, 0.717) is 29.2 Å². The van der Waals surface area contributed by atoms with E-state index in [1.807, 2.05) is 24.3 Å². The first kappa shape index (κ1) is 25.2. The molecular weight excluding hydrogens is 404 g/mol. The highest BCUT2D eigenvalue weighted by Crippen LogP contribution is 2.29. The topological polar surface area (TPSA) is 69.2 Å². The molecule has 0 spiro atoms. The van der Waals surface area contributed by atoms with Gasteiger partial charge in [0.25, 0.3) is 5.91 Å². The Hall–Kier alpha value is -3.02. The number of para-hydroxylation sites is 1. The van der Waals surface area contributed by atoms with Crippen LogP contribution in [0.5, 0.6) is 17.2 Å². The fourth-order valence-electron chi connectivity index (χ4n) is 3.37. The molecule has 0 saturated carbocycles. The van der Waals surface area contributed by atoms with Gasteiger partial charge in [-0.1, -0.05) is 57.9 Å². The number of methoxy groups -OCH3 is 2. The molecule has 0 aromatic heterocycles. The predicted octanol–water partition coefficient (Wildman–Crippen LogP) is 5.99.